The highest BCUT2D eigenvalue weighted by atomic mass is 16.1. The van der Waals surface area contributed by atoms with E-state index in [-0.39, 0.29) is 5.91 Å². The van der Waals surface area contributed by atoms with Gasteiger partial charge in [-0.1, -0.05) is 54.6 Å². The monoisotopic (exact) mass is 275 g/mol. The molecule has 0 fully saturated rings. The highest BCUT2D eigenvalue weighted by Crippen LogP contribution is 2.24. The second-order valence-electron chi connectivity index (χ2n) is 5.11. The highest BCUT2D eigenvalue weighted by Gasteiger charge is 2.07. The van der Waals surface area contributed by atoms with Crippen LogP contribution in [0.25, 0.3) is 6.08 Å². The summed E-state index contributed by atoms with van der Waals surface area (Å²) in [6, 6.07) is 17.9. The fraction of sp³-hybridized carbons (Fsp3) is 0.105. The maximum absolute atomic E-state index is 11.9. The second-order valence-corrected chi connectivity index (χ2v) is 5.11. The van der Waals surface area contributed by atoms with Gasteiger partial charge in [-0.2, -0.15) is 0 Å². The van der Waals surface area contributed by atoms with Crippen molar-refractivity contribution in [2.24, 2.45) is 0 Å². The predicted molar refractivity (Wildman–Crippen MR) is 87.0 cm³/mol. The van der Waals surface area contributed by atoms with Crippen molar-refractivity contribution in [1.82, 2.24) is 0 Å². The van der Waals surface area contributed by atoms with Crippen molar-refractivity contribution in [2.75, 3.05) is 5.32 Å². The Morgan fingerprint density at radius 2 is 1.71 bits per heavy atom. The van der Waals surface area contributed by atoms with Gasteiger partial charge in [0.15, 0.2) is 0 Å². The Morgan fingerprint density at radius 3 is 2.57 bits per heavy atom. The van der Waals surface area contributed by atoms with Crippen molar-refractivity contribution < 1.29 is 4.79 Å². The van der Waals surface area contributed by atoms with Gasteiger partial charge >= 0.3 is 0 Å². The number of carbonyl (C=O) groups is 1. The fourth-order valence-electron chi connectivity index (χ4n) is 2.47. The van der Waals surface area contributed by atoms with E-state index in [0.717, 1.165) is 18.5 Å². The normalized spacial score (nSPS) is 13.6. The minimum atomic E-state index is -0.0963. The van der Waals surface area contributed by atoms with E-state index in [1.54, 1.807) is 6.08 Å². The number of nitrogens with one attached hydrogen (secondary N) is 1. The predicted octanol–water partition coefficient (Wildman–Crippen LogP) is 4.21. The molecule has 0 spiro atoms. The largest absolute Gasteiger partial charge is 0.323 e. The van der Waals surface area contributed by atoms with Gasteiger partial charge in [0.1, 0.15) is 0 Å². The second kappa shape index (κ2) is 6.23. The van der Waals surface area contributed by atoms with Gasteiger partial charge in [0.25, 0.3) is 0 Å². The van der Waals surface area contributed by atoms with Crippen LogP contribution in [0, 0.1) is 0 Å². The first-order valence-electron chi connectivity index (χ1n) is 7.14. The number of benzene rings is 2. The van der Waals surface area contributed by atoms with Crippen molar-refractivity contribution in [3.05, 3.63) is 83.4 Å². The molecule has 1 amide bonds. The van der Waals surface area contributed by atoms with Gasteiger partial charge in [0, 0.05) is 11.8 Å². The molecule has 0 unspecified atom stereocenters. The summed E-state index contributed by atoms with van der Waals surface area (Å²) >= 11 is 0. The molecule has 1 aliphatic carbocycles. The van der Waals surface area contributed by atoms with Crippen LogP contribution in [0.1, 0.15) is 17.5 Å². The van der Waals surface area contributed by atoms with Gasteiger partial charge in [-0.05, 0) is 41.7 Å². The van der Waals surface area contributed by atoms with Crippen LogP contribution < -0.4 is 5.32 Å². The molecule has 0 saturated carbocycles. The molecule has 0 atom stereocenters. The lowest BCUT2D eigenvalue weighted by Gasteiger charge is -2.13. The SMILES string of the molecule is O=C(C=CC1=Cc2ccccc2CC1)Nc1ccccc1. The molecule has 0 radical (unpaired) electrons. The summed E-state index contributed by atoms with van der Waals surface area (Å²) in [6.45, 7) is 0. The number of aryl methyl sites for hydroxylation is 1. The van der Waals surface area contributed by atoms with E-state index in [1.807, 2.05) is 42.5 Å². The van der Waals surface area contributed by atoms with Gasteiger partial charge in [0.05, 0.1) is 0 Å². The van der Waals surface area contributed by atoms with Crippen LogP contribution in [-0.4, -0.2) is 5.91 Å². The van der Waals surface area contributed by atoms with Crippen LogP contribution in [-0.2, 0) is 11.2 Å². The zero-order chi connectivity index (χ0) is 14.5. The standard InChI is InChI=1S/C19H17NO/c21-19(20-18-8-2-1-3-9-18)13-11-15-10-12-16-6-4-5-7-17(16)14-15/h1-9,11,13-14H,10,12H2,(H,20,21). The molecule has 21 heavy (non-hydrogen) atoms. The van der Waals surface area contributed by atoms with Crippen LogP contribution in [0.3, 0.4) is 0 Å². The lowest BCUT2D eigenvalue weighted by atomic mass is 9.92. The van der Waals surface area contributed by atoms with Crippen molar-refractivity contribution in [2.45, 2.75) is 12.8 Å². The molecule has 0 aliphatic heterocycles. The third-order valence-electron chi connectivity index (χ3n) is 3.57. The first kappa shape index (κ1) is 13.4. The topological polar surface area (TPSA) is 29.1 Å². The number of hydrogen-bond donors (Lipinski definition) is 1. The van der Waals surface area contributed by atoms with Crippen molar-refractivity contribution >= 4 is 17.7 Å². The van der Waals surface area contributed by atoms with E-state index < -0.39 is 0 Å². The number of rotatable bonds is 3. The lowest BCUT2D eigenvalue weighted by Crippen LogP contribution is -2.07. The van der Waals surface area contributed by atoms with Gasteiger partial charge in [-0.25, -0.2) is 0 Å². The number of fused-ring (bicyclic) bond motifs is 1. The van der Waals surface area contributed by atoms with E-state index in [0.29, 0.717) is 0 Å². The smallest absolute Gasteiger partial charge is 0.248 e. The van der Waals surface area contributed by atoms with Crippen molar-refractivity contribution in [3.8, 4) is 0 Å². The molecule has 0 bridgehead atoms. The van der Waals surface area contributed by atoms with Gasteiger partial charge < -0.3 is 5.32 Å². The Morgan fingerprint density at radius 1 is 0.952 bits per heavy atom. The Balaban J connectivity index is 1.67. The molecule has 0 heterocycles. The third kappa shape index (κ3) is 3.48. The minimum Gasteiger partial charge on any atom is -0.323 e. The summed E-state index contributed by atoms with van der Waals surface area (Å²) in [5.74, 6) is -0.0963. The van der Waals surface area contributed by atoms with E-state index in [4.69, 9.17) is 0 Å². The van der Waals surface area contributed by atoms with E-state index in [1.165, 1.54) is 16.7 Å². The molecule has 1 aliphatic rings. The van der Waals surface area contributed by atoms with Crippen LogP contribution >= 0.6 is 0 Å². The maximum atomic E-state index is 11.9. The number of allylic oxidation sites excluding steroid dienone is 2. The average Bonchev–Trinajstić information content (AvgIpc) is 2.54. The summed E-state index contributed by atoms with van der Waals surface area (Å²) < 4.78 is 0. The molecule has 3 rings (SSSR count). The van der Waals surface area contributed by atoms with Crippen LogP contribution in [0.4, 0.5) is 5.69 Å². The zero-order valence-corrected chi connectivity index (χ0v) is 11.8. The zero-order valence-electron chi connectivity index (χ0n) is 11.8. The quantitative estimate of drug-likeness (QED) is 0.835. The molecule has 104 valence electrons. The van der Waals surface area contributed by atoms with Crippen LogP contribution in [0.2, 0.25) is 0 Å². The van der Waals surface area contributed by atoms with Gasteiger partial charge in [-0.15, -0.1) is 0 Å². The average molecular weight is 275 g/mol. The Hall–Kier alpha value is -2.61. The number of anilines is 1. The Labute approximate surface area is 124 Å². The molecule has 0 aromatic heterocycles. The maximum Gasteiger partial charge on any atom is 0.248 e. The van der Waals surface area contributed by atoms with Crippen molar-refractivity contribution in [3.63, 3.8) is 0 Å². The van der Waals surface area contributed by atoms with Crippen molar-refractivity contribution in [1.29, 1.82) is 0 Å². The summed E-state index contributed by atoms with van der Waals surface area (Å²) in [6.07, 6.45) is 7.69. The van der Waals surface area contributed by atoms with E-state index in [9.17, 15) is 4.79 Å². The fourth-order valence-corrected chi connectivity index (χ4v) is 2.47. The number of amides is 1. The molecular weight excluding hydrogens is 258 g/mol. The molecule has 0 saturated heterocycles. The number of hydrogen-bond acceptors (Lipinski definition) is 1. The molecule has 2 aromatic rings. The molecular formula is C19H17NO. The molecule has 2 heteroatoms. The summed E-state index contributed by atoms with van der Waals surface area (Å²) in [5.41, 5.74) is 4.64. The van der Waals surface area contributed by atoms with Gasteiger partial charge in [-0.3, -0.25) is 4.79 Å². The molecule has 2 nitrogen and oxygen atoms in total. The molecule has 2 aromatic carbocycles. The van der Waals surface area contributed by atoms with Crippen LogP contribution in [0.15, 0.2) is 72.3 Å². The van der Waals surface area contributed by atoms with E-state index >= 15 is 0 Å². The van der Waals surface area contributed by atoms with Crippen LogP contribution in [0.5, 0.6) is 0 Å². The number of carbonyl (C=O) groups excluding carboxylic acids is 1. The first-order valence-corrected chi connectivity index (χ1v) is 7.14. The summed E-state index contributed by atoms with van der Waals surface area (Å²) in [4.78, 5) is 11.9. The Bertz CT molecular complexity index is 699. The highest BCUT2D eigenvalue weighted by molar-refractivity contribution is 5.99. The summed E-state index contributed by atoms with van der Waals surface area (Å²) in [5, 5.41) is 2.85. The third-order valence-corrected chi connectivity index (χ3v) is 3.57. The van der Waals surface area contributed by atoms with Gasteiger partial charge in [0.2, 0.25) is 5.91 Å². The minimum absolute atomic E-state index is 0.0963. The Kier molecular flexibility index (Phi) is 3.97. The first-order chi connectivity index (χ1) is 10.3. The molecule has 1 N–H and O–H groups in total. The van der Waals surface area contributed by atoms with E-state index in [2.05, 4.69) is 29.6 Å². The summed E-state index contributed by atoms with van der Waals surface area (Å²) in [7, 11) is 0. The number of para-hydroxylation sites is 1. The lowest BCUT2D eigenvalue weighted by molar-refractivity contribution is -0.111.